The van der Waals surface area contributed by atoms with E-state index in [-0.39, 0.29) is 23.6 Å². The van der Waals surface area contributed by atoms with E-state index in [1.807, 2.05) is 47.4 Å². The Labute approximate surface area is 363 Å². The quantitative estimate of drug-likeness (QED) is 0.128. The molecule has 8 aromatic rings. The molecule has 0 aliphatic carbocycles. The molecule has 0 radical (unpaired) electrons. The molecule has 0 saturated heterocycles. The van der Waals surface area contributed by atoms with Crippen molar-refractivity contribution in [3.63, 3.8) is 0 Å². The second-order valence-electron chi connectivity index (χ2n) is 17.0. The van der Waals surface area contributed by atoms with Crippen LogP contribution in [0.1, 0.15) is 33.3 Å². The summed E-state index contributed by atoms with van der Waals surface area (Å²) < 4.78 is 18.8. The maximum atomic E-state index is 10.3. The van der Waals surface area contributed by atoms with Crippen LogP contribution in [0.5, 0.6) is 21.6 Å². The van der Waals surface area contributed by atoms with Crippen molar-refractivity contribution in [2.45, 2.75) is 32.4 Å². The molecule has 6 nitrogen and oxygen atoms in total. The van der Waals surface area contributed by atoms with Gasteiger partial charge in [-0.2, -0.15) is 5.26 Å². The number of thiophene rings is 3. The lowest BCUT2D eigenvalue weighted by Crippen LogP contribution is -2.59. The van der Waals surface area contributed by atoms with Crippen LogP contribution in [0.2, 0.25) is 0 Å². The predicted octanol–water partition coefficient (Wildman–Crippen LogP) is 11.2. The number of anilines is 5. The average molecular weight is 845 g/mol. The molecule has 8 heterocycles. The van der Waals surface area contributed by atoms with E-state index >= 15 is 0 Å². The minimum atomic E-state index is -0.179. The average Bonchev–Trinajstić information content (AvgIpc) is 3.95. The van der Waals surface area contributed by atoms with Crippen LogP contribution < -0.4 is 46.6 Å². The van der Waals surface area contributed by atoms with Gasteiger partial charge < -0.3 is 19.3 Å². The number of benzene rings is 5. The number of hydrogen-bond donors (Lipinski definition) is 0. The lowest BCUT2D eigenvalue weighted by Gasteiger charge is -2.42. The lowest BCUT2D eigenvalue weighted by molar-refractivity contribution is 0.370. The minimum absolute atomic E-state index is 0.0436. The normalized spacial score (nSPS) is 16.9. The van der Waals surface area contributed by atoms with Gasteiger partial charge in [0, 0.05) is 53.5 Å². The van der Waals surface area contributed by atoms with E-state index in [1.165, 1.54) is 45.7 Å². The third-order valence-corrected chi connectivity index (χ3v) is 18.9. The molecule has 60 heavy (non-hydrogen) atoms. The van der Waals surface area contributed by atoms with Crippen LogP contribution in [-0.4, -0.2) is 18.2 Å². The largest absolute Gasteiger partial charge is 0.449 e. The van der Waals surface area contributed by atoms with Crippen molar-refractivity contribution in [3.05, 3.63) is 137 Å². The van der Waals surface area contributed by atoms with Gasteiger partial charge in [-0.1, -0.05) is 96.6 Å². The molecule has 5 aliphatic rings. The summed E-state index contributed by atoms with van der Waals surface area (Å²) in [5.74, 6) is 1.51. The first-order valence-electron chi connectivity index (χ1n) is 19.9. The zero-order valence-electron chi connectivity index (χ0n) is 32.8. The Morgan fingerprint density at radius 2 is 1.22 bits per heavy atom. The standard InChI is InChI=1S/C48H30B2N4O2S4/c1-47(2)43-44(60-48(47,3)4)54(28-16-10-7-11-17-28)32-22-26(52-5)23-34-36(32)50(43)38-40-42(59-46(38)56-34)41-39(57-40)37-45(58-41)55-33-21-25(24-51)20-31-35(33)49(37)29-18-12-13-19-30(29)53(31)27-14-8-6-9-15-27/h6-23H,1-4H3. The molecule has 0 amide bonds. The summed E-state index contributed by atoms with van der Waals surface area (Å²) in [7, 11) is 0. The van der Waals surface area contributed by atoms with Crippen LogP contribution in [0.15, 0.2) is 120 Å². The molecule has 3 aromatic heterocycles. The van der Waals surface area contributed by atoms with E-state index in [0.29, 0.717) is 11.3 Å². The summed E-state index contributed by atoms with van der Waals surface area (Å²) in [6.45, 7) is 17.6. The van der Waals surface area contributed by atoms with Crippen molar-refractivity contribution in [2.24, 2.45) is 5.41 Å². The Morgan fingerprint density at radius 1 is 0.633 bits per heavy atom. The molecule has 5 aromatic carbocycles. The number of thioether (sulfide) groups is 1. The summed E-state index contributed by atoms with van der Waals surface area (Å²) in [6, 6.07) is 40.1. The van der Waals surface area contributed by atoms with Crippen molar-refractivity contribution < 1.29 is 9.47 Å². The highest BCUT2D eigenvalue weighted by atomic mass is 32.2. The summed E-state index contributed by atoms with van der Waals surface area (Å²) in [5, 5.41) is 13.3. The predicted molar refractivity (Wildman–Crippen MR) is 255 cm³/mol. The smallest absolute Gasteiger partial charge is 0.259 e. The Balaban J connectivity index is 1.07. The van der Waals surface area contributed by atoms with E-state index < -0.39 is 0 Å². The molecule has 0 N–H and O–H groups in total. The van der Waals surface area contributed by atoms with Crippen molar-refractivity contribution >= 4 is 139 Å². The minimum Gasteiger partial charge on any atom is -0.449 e. The van der Waals surface area contributed by atoms with Gasteiger partial charge in [-0.05, 0) is 90.2 Å². The summed E-state index contributed by atoms with van der Waals surface area (Å²) in [4.78, 5) is 8.64. The second-order valence-corrected chi connectivity index (χ2v) is 21.6. The Bertz CT molecular complexity index is 3370. The fourth-order valence-electron chi connectivity index (χ4n) is 10.1. The van der Waals surface area contributed by atoms with Crippen LogP contribution in [0.25, 0.3) is 23.6 Å². The molecule has 0 bridgehead atoms. The molecule has 0 saturated carbocycles. The van der Waals surface area contributed by atoms with Gasteiger partial charge in [0.05, 0.1) is 32.6 Å². The first-order valence-corrected chi connectivity index (χ1v) is 23.2. The van der Waals surface area contributed by atoms with E-state index in [4.69, 9.17) is 16.0 Å². The molecule has 0 spiro atoms. The van der Waals surface area contributed by atoms with E-state index in [9.17, 15) is 5.26 Å². The third-order valence-electron chi connectivity index (χ3n) is 13.4. The molecule has 13 rings (SSSR count). The van der Waals surface area contributed by atoms with E-state index in [0.717, 1.165) is 61.0 Å². The van der Waals surface area contributed by atoms with Crippen LogP contribution >= 0.6 is 45.8 Å². The highest BCUT2D eigenvalue weighted by molar-refractivity contribution is 8.05. The number of nitrogens with zero attached hydrogens (tertiary/aromatic N) is 4. The van der Waals surface area contributed by atoms with Gasteiger partial charge in [0.15, 0.2) is 15.8 Å². The fourth-order valence-corrected chi connectivity index (χ4v) is 16.1. The number of allylic oxidation sites excluding steroid dienone is 1. The van der Waals surface area contributed by atoms with Crippen molar-refractivity contribution in [2.75, 3.05) is 9.80 Å². The van der Waals surface area contributed by atoms with E-state index in [2.05, 4.69) is 133 Å². The Morgan fingerprint density at radius 3 is 1.88 bits per heavy atom. The summed E-state index contributed by atoms with van der Waals surface area (Å²) in [5.41, 5.74) is 13.5. The van der Waals surface area contributed by atoms with Gasteiger partial charge in [-0.15, -0.1) is 23.1 Å². The van der Waals surface area contributed by atoms with Crippen molar-refractivity contribution in [1.29, 1.82) is 5.26 Å². The second kappa shape index (κ2) is 11.9. The number of para-hydroxylation sites is 3. The molecule has 284 valence electrons. The third kappa shape index (κ3) is 4.34. The Kier molecular flexibility index (Phi) is 6.93. The SMILES string of the molecule is [C-]#[N+]c1cc2c3c(c1)N(c1ccccc1)C1=C(B3c3c(sc4c3sc3c5c(sc34)Oc3cc(C#N)cc4c3B5c3ccccc3N4c3ccccc3)O2)C(C)(C)C(C)(C)S1. The fraction of sp³-hybridized carbons (Fsp3) is 0.125. The van der Waals surface area contributed by atoms with Crippen LogP contribution in [0.3, 0.4) is 0 Å². The molecule has 12 heteroatoms. The van der Waals surface area contributed by atoms with E-state index in [1.54, 1.807) is 22.7 Å². The molecule has 0 unspecified atom stereocenters. The number of hydrogen-bond acceptors (Lipinski definition) is 9. The molecular weight excluding hydrogens is 814 g/mol. The van der Waals surface area contributed by atoms with Crippen molar-refractivity contribution in [3.8, 4) is 27.7 Å². The van der Waals surface area contributed by atoms with Gasteiger partial charge >= 0.3 is 0 Å². The Hall–Kier alpha value is -5.88. The first kappa shape index (κ1) is 34.9. The maximum absolute atomic E-state index is 10.3. The number of nitriles is 1. The highest BCUT2D eigenvalue weighted by Crippen LogP contribution is 2.64. The number of rotatable bonds is 2. The zero-order chi connectivity index (χ0) is 40.4. The highest BCUT2D eigenvalue weighted by Gasteiger charge is 2.58. The van der Waals surface area contributed by atoms with Crippen molar-refractivity contribution in [1.82, 2.24) is 0 Å². The van der Waals surface area contributed by atoms with Crippen LogP contribution in [-0.2, 0) is 0 Å². The van der Waals surface area contributed by atoms with Gasteiger partial charge in [0.2, 0.25) is 0 Å². The number of ether oxygens (including phenoxy) is 2. The molecule has 5 aliphatic heterocycles. The van der Waals surface area contributed by atoms with Gasteiger partial charge in [0.25, 0.3) is 13.4 Å². The molecular formula is C48H30B2N4O2S4. The zero-order valence-corrected chi connectivity index (χ0v) is 36.1. The topological polar surface area (TPSA) is 53.1 Å². The van der Waals surface area contributed by atoms with Gasteiger partial charge in [-0.25, -0.2) is 4.85 Å². The molecule has 0 fully saturated rings. The summed E-state index contributed by atoms with van der Waals surface area (Å²) in [6.07, 6.45) is 0. The number of fused-ring (bicyclic) bond motifs is 12. The lowest BCUT2D eigenvalue weighted by atomic mass is 9.30. The maximum Gasteiger partial charge on any atom is 0.259 e. The van der Waals surface area contributed by atoms with Gasteiger partial charge in [-0.3, -0.25) is 0 Å². The first-order chi connectivity index (χ1) is 29.2. The monoisotopic (exact) mass is 844 g/mol. The van der Waals surface area contributed by atoms with Gasteiger partial charge in [0.1, 0.15) is 11.5 Å². The van der Waals surface area contributed by atoms with Crippen LogP contribution in [0, 0.1) is 23.3 Å². The van der Waals surface area contributed by atoms with Crippen LogP contribution in [0.4, 0.5) is 34.1 Å². The molecule has 0 atom stereocenters. The summed E-state index contributed by atoms with van der Waals surface area (Å²) >= 11 is 7.26.